The second kappa shape index (κ2) is 8.63. The van der Waals surface area contributed by atoms with Crippen molar-refractivity contribution in [3.63, 3.8) is 0 Å². The summed E-state index contributed by atoms with van der Waals surface area (Å²) in [5.41, 5.74) is -0.734. The van der Waals surface area contributed by atoms with E-state index < -0.39 is 41.4 Å². The third-order valence-electron chi connectivity index (χ3n) is 5.14. The first-order valence-corrected chi connectivity index (χ1v) is 9.58. The summed E-state index contributed by atoms with van der Waals surface area (Å²) in [5, 5.41) is 5.09. The topological polar surface area (TPSA) is 95.6 Å². The Labute approximate surface area is 177 Å². The Balaban J connectivity index is 1.72. The van der Waals surface area contributed by atoms with Gasteiger partial charge in [0.15, 0.2) is 5.78 Å². The first kappa shape index (κ1) is 22.1. The summed E-state index contributed by atoms with van der Waals surface area (Å²) in [6, 6.07) is 8.22. The van der Waals surface area contributed by atoms with E-state index in [0.29, 0.717) is 11.1 Å². The Kier molecular flexibility index (Phi) is 6.14. The molecule has 7 nitrogen and oxygen atoms in total. The van der Waals surface area contributed by atoms with Crippen molar-refractivity contribution in [3.05, 3.63) is 70.8 Å². The highest BCUT2D eigenvalue weighted by atomic mass is 19.1. The van der Waals surface area contributed by atoms with Crippen molar-refractivity contribution in [2.45, 2.75) is 25.8 Å². The molecule has 1 saturated heterocycles. The molecule has 31 heavy (non-hydrogen) atoms. The summed E-state index contributed by atoms with van der Waals surface area (Å²) in [5.74, 6) is -2.61. The van der Waals surface area contributed by atoms with Crippen LogP contribution in [0.2, 0.25) is 0 Å². The number of urea groups is 1. The van der Waals surface area contributed by atoms with Gasteiger partial charge in [-0.3, -0.25) is 19.3 Å². The Morgan fingerprint density at radius 2 is 1.77 bits per heavy atom. The van der Waals surface area contributed by atoms with Gasteiger partial charge >= 0.3 is 6.03 Å². The van der Waals surface area contributed by atoms with Crippen LogP contribution < -0.4 is 10.6 Å². The highest BCUT2D eigenvalue weighted by Gasteiger charge is 2.49. The quantitative estimate of drug-likeness (QED) is 0.522. The van der Waals surface area contributed by atoms with Gasteiger partial charge in [0.25, 0.3) is 5.91 Å². The van der Waals surface area contributed by atoms with E-state index in [4.69, 9.17) is 0 Å². The molecular formula is C22H21F2N3O4. The standard InChI is InChI=1S/C22H21F2N3O4/c1-13(28)25-10-9-14-3-4-15(11-18(14)24)19(29)12-27-20(30)22(2,26-21(27)31)16-5-7-17(23)8-6-16/h3-8,11H,9-10,12H2,1-2H3,(H,25,28)(H,26,31)/t22-/m0/s1. The Hall–Kier alpha value is -3.62. The number of nitrogens with zero attached hydrogens (tertiary/aromatic N) is 1. The molecule has 0 radical (unpaired) electrons. The largest absolute Gasteiger partial charge is 0.356 e. The van der Waals surface area contributed by atoms with Crippen LogP contribution in [0.25, 0.3) is 0 Å². The predicted molar refractivity (Wildman–Crippen MR) is 107 cm³/mol. The van der Waals surface area contributed by atoms with E-state index in [1.807, 2.05) is 0 Å². The van der Waals surface area contributed by atoms with Gasteiger partial charge in [0, 0.05) is 19.0 Å². The number of carbonyl (C=O) groups excluding carboxylic acids is 4. The lowest BCUT2D eigenvalue weighted by Gasteiger charge is -2.22. The third-order valence-corrected chi connectivity index (χ3v) is 5.14. The fraction of sp³-hybridized carbons (Fsp3) is 0.273. The van der Waals surface area contributed by atoms with Crippen LogP contribution in [-0.2, 0) is 21.5 Å². The van der Waals surface area contributed by atoms with E-state index in [0.717, 1.165) is 11.0 Å². The van der Waals surface area contributed by atoms with Crippen molar-refractivity contribution in [2.24, 2.45) is 0 Å². The molecule has 1 fully saturated rings. The number of hydrogen-bond acceptors (Lipinski definition) is 4. The molecule has 0 bridgehead atoms. The summed E-state index contributed by atoms with van der Waals surface area (Å²) in [6.45, 7) is 2.51. The highest BCUT2D eigenvalue weighted by molar-refractivity contribution is 6.11. The number of imide groups is 1. The summed E-state index contributed by atoms with van der Waals surface area (Å²) in [6.07, 6.45) is 0.253. The third kappa shape index (κ3) is 4.60. The molecule has 1 atom stereocenters. The molecule has 3 rings (SSSR count). The monoisotopic (exact) mass is 429 g/mol. The molecule has 0 aliphatic carbocycles. The van der Waals surface area contributed by atoms with Crippen LogP contribution in [0.15, 0.2) is 42.5 Å². The maximum atomic E-state index is 14.3. The summed E-state index contributed by atoms with van der Waals surface area (Å²) >= 11 is 0. The number of ketones is 1. The first-order chi connectivity index (χ1) is 14.6. The fourth-order valence-electron chi connectivity index (χ4n) is 3.35. The average Bonchev–Trinajstić information content (AvgIpc) is 2.93. The smallest absolute Gasteiger partial charge is 0.325 e. The number of benzene rings is 2. The molecule has 0 saturated carbocycles. The van der Waals surface area contributed by atoms with Crippen molar-refractivity contribution >= 4 is 23.6 Å². The van der Waals surface area contributed by atoms with Gasteiger partial charge in [-0.25, -0.2) is 13.6 Å². The number of halogens is 2. The normalized spacial score (nSPS) is 18.1. The lowest BCUT2D eigenvalue weighted by molar-refractivity contribution is -0.130. The van der Waals surface area contributed by atoms with E-state index in [1.165, 1.54) is 50.2 Å². The van der Waals surface area contributed by atoms with Gasteiger partial charge in [-0.15, -0.1) is 0 Å². The minimum atomic E-state index is -1.44. The molecule has 0 unspecified atom stereocenters. The highest BCUT2D eigenvalue weighted by Crippen LogP contribution is 2.29. The zero-order chi connectivity index (χ0) is 22.8. The van der Waals surface area contributed by atoms with Gasteiger partial charge in [-0.1, -0.05) is 24.3 Å². The van der Waals surface area contributed by atoms with E-state index in [9.17, 15) is 28.0 Å². The predicted octanol–water partition coefficient (Wildman–Crippen LogP) is 2.29. The molecule has 2 N–H and O–H groups in total. The number of amides is 4. The van der Waals surface area contributed by atoms with E-state index in [-0.39, 0.29) is 24.4 Å². The van der Waals surface area contributed by atoms with Gasteiger partial charge in [-0.2, -0.15) is 0 Å². The minimum absolute atomic E-state index is 0.0109. The van der Waals surface area contributed by atoms with E-state index in [1.54, 1.807) is 0 Å². The molecule has 1 heterocycles. The fourth-order valence-corrected chi connectivity index (χ4v) is 3.35. The maximum Gasteiger partial charge on any atom is 0.325 e. The second-order valence-corrected chi connectivity index (χ2v) is 7.42. The summed E-state index contributed by atoms with van der Waals surface area (Å²) in [7, 11) is 0. The van der Waals surface area contributed by atoms with Crippen LogP contribution in [0.3, 0.4) is 0 Å². The van der Waals surface area contributed by atoms with Crippen LogP contribution >= 0.6 is 0 Å². The van der Waals surface area contributed by atoms with Crippen molar-refractivity contribution in [1.29, 1.82) is 0 Å². The van der Waals surface area contributed by atoms with Crippen molar-refractivity contribution in [3.8, 4) is 0 Å². The number of carbonyl (C=O) groups is 4. The van der Waals surface area contributed by atoms with Gasteiger partial charge in [0.05, 0.1) is 6.54 Å². The van der Waals surface area contributed by atoms with E-state index in [2.05, 4.69) is 10.6 Å². The van der Waals surface area contributed by atoms with Crippen LogP contribution in [0, 0.1) is 11.6 Å². The molecule has 4 amide bonds. The maximum absolute atomic E-state index is 14.3. The number of nitrogens with one attached hydrogen (secondary N) is 2. The average molecular weight is 429 g/mol. The Bertz CT molecular complexity index is 1060. The zero-order valence-corrected chi connectivity index (χ0v) is 17.0. The zero-order valence-electron chi connectivity index (χ0n) is 17.0. The van der Waals surface area contributed by atoms with Crippen LogP contribution in [0.5, 0.6) is 0 Å². The molecule has 2 aromatic carbocycles. The number of hydrogen-bond donors (Lipinski definition) is 2. The summed E-state index contributed by atoms with van der Waals surface area (Å²) in [4.78, 5) is 49.5. The molecule has 1 aliphatic rings. The Morgan fingerprint density at radius 1 is 1.10 bits per heavy atom. The second-order valence-electron chi connectivity index (χ2n) is 7.42. The lowest BCUT2D eigenvalue weighted by atomic mass is 9.92. The number of rotatable bonds is 7. The van der Waals surface area contributed by atoms with Crippen molar-refractivity contribution in [2.75, 3.05) is 13.1 Å². The van der Waals surface area contributed by atoms with Crippen LogP contribution in [-0.4, -0.2) is 41.6 Å². The van der Waals surface area contributed by atoms with Gasteiger partial charge < -0.3 is 10.6 Å². The minimum Gasteiger partial charge on any atom is -0.356 e. The SMILES string of the molecule is CC(=O)NCCc1ccc(C(=O)CN2C(=O)N[C@@](C)(c3ccc(F)cc3)C2=O)cc1F. The van der Waals surface area contributed by atoms with Crippen molar-refractivity contribution in [1.82, 2.24) is 15.5 Å². The molecular weight excluding hydrogens is 408 g/mol. The van der Waals surface area contributed by atoms with Crippen molar-refractivity contribution < 1.29 is 28.0 Å². The van der Waals surface area contributed by atoms with Crippen LogP contribution in [0.1, 0.15) is 35.3 Å². The van der Waals surface area contributed by atoms with Gasteiger partial charge in [0.1, 0.15) is 17.2 Å². The number of Topliss-reactive ketones (excluding diaryl/α,β-unsaturated/α-hetero) is 1. The molecule has 0 aromatic heterocycles. The first-order valence-electron chi connectivity index (χ1n) is 9.58. The van der Waals surface area contributed by atoms with Gasteiger partial charge in [-0.05, 0) is 42.7 Å². The molecule has 0 spiro atoms. The lowest BCUT2D eigenvalue weighted by Crippen LogP contribution is -2.41. The molecule has 162 valence electrons. The molecule has 9 heteroatoms. The van der Waals surface area contributed by atoms with Crippen LogP contribution in [0.4, 0.5) is 13.6 Å². The Morgan fingerprint density at radius 3 is 2.39 bits per heavy atom. The summed E-state index contributed by atoms with van der Waals surface area (Å²) < 4.78 is 27.5. The molecule has 1 aliphatic heterocycles. The molecule has 2 aromatic rings. The van der Waals surface area contributed by atoms with Gasteiger partial charge in [0.2, 0.25) is 5.91 Å². The van der Waals surface area contributed by atoms with E-state index >= 15 is 0 Å².